The van der Waals surface area contributed by atoms with Gasteiger partial charge in [-0.05, 0) is 16.7 Å². The van der Waals surface area contributed by atoms with E-state index in [1.54, 1.807) is 0 Å². The van der Waals surface area contributed by atoms with Gasteiger partial charge in [-0.2, -0.15) is 0 Å². The van der Waals surface area contributed by atoms with Gasteiger partial charge in [0.1, 0.15) is 18.4 Å². The number of hydrogen-bond donors (Lipinski definition) is 2. The van der Waals surface area contributed by atoms with Crippen molar-refractivity contribution in [1.82, 2.24) is 5.32 Å². The molecule has 1 heterocycles. The molecule has 0 saturated carbocycles. The first-order chi connectivity index (χ1) is 17.2. The Balaban J connectivity index is 1.48. The van der Waals surface area contributed by atoms with Crippen LogP contribution in [-0.2, 0) is 38.8 Å². The fourth-order valence-electron chi connectivity index (χ4n) is 4.10. The van der Waals surface area contributed by atoms with Crippen molar-refractivity contribution < 1.29 is 23.7 Å². The highest BCUT2D eigenvalue weighted by molar-refractivity contribution is 5.71. The molecule has 1 saturated heterocycles. The third-order valence-electron chi connectivity index (χ3n) is 5.81. The summed E-state index contributed by atoms with van der Waals surface area (Å²) in [5.41, 5.74) is 8.56. The van der Waals surface area contributed by atoms with E-state index in [0.29, 0.717) is 26.2 Å². The van der Waals surface area contributed by atoms with E-state index < -0.39 is 24.5 Å². The number of benzene rings is 3. The smallest absolute Gasteiger partial charge is 0.314 e. The Kier molecular flexibility index (Phi) is 9.25. The van der Waals surface area contributed by atoms with Crippen molar-refractivity contribution in [3.8, 4) is 0 Å². The lowest BCUT2D eigenvalue weighted by Gasteiger charge is -2.41. The molecule has 0 radical (unpaired) electrons. The van der Waals surface area contributed by atoms with Crippen LogP contribution in [0.25, 0.3) is 0 Å². The SMILES string of the molecule is NC(=O)N[C@@H]1C[C@@H](OCc2ccccc2)[C@H](OCc2ccccc2)[C@@H](COCc2ccccc2)O1. The fourth-order valence-corrected chi connectivity index (χ4v) is 4.10. The van der Waals surface area contributed by atoms with E-state index in [0.717, 1.165) is 16.7 Å². The van der Waals surface area contributed by atoms with Crippen LogP contribution >= 0.6 is 0 Å². The summed E-state index contributed by atoms with van der Waals surface area (Å²) in [5.74, 6) is 0. The van der Waals surface area contributed by atoms with Crippen molar-refractivity contribution in [3.63, 3.8) is 0 Å². The molecule has 35 heavy (non-hydrogen) atoms. The van der Waals surface area contributed by atoms with Gasteiger partial charge in [-0.25, -0.2) is 4.79 Å². The van der Waals surface area contributed by atoms with Gasteiger partial charge in [0.2, 0.25) is 0 Å². The van der Waals surface area contributed by atoms with Crippen LogP contribution in [0.4, 0.5) is 4.79 Å². The molecule has 184 valence electrons. The number of primary amides is 1. The minimum absolute atomic E-state index is 0.274. The van der Waals surface area contributed by atoms with Crippen molar-refractivity contribution in [2.75, 3.05) is 6.61 Å². The van der Waals surface area contributed by atoms with E-state index in [-0.39, 0.29) is 12.7 Å². The van der Waals surface area contributed by atoms with Gasteiger partial charge in [-0.15, -0.1) is 0 Å². The van der Waals surface area contributed by atoms with Crippen LogP contribution in [0, 0.1) is 0 Å². The van der Waals surface area contributed by atoms with E-state index in [4.69, 9.17) is 24.7 Å². The van der Waals surface area contributed by atoms with Gasteiger partial charge in [0.05, 0.1) is 32.5 Å². The van der Waals surface area contributed by atoms with Gasteiger partial charge in [0.25, 0.3) is 0 Å². The number of carbonyl (C=O) groups is 1. The predicted octanol–water partition coefficient (Wildman–Crippen LogP) is 4.16. The highest BCUT2D eigenvalue weighted by Crippen LogP contribution is 2.27. The third-order valence-corrected chi connectivity index (χ3v) is 5.81. The quantitative estimate of drug-likeness (QED) is 0.434. The Morgan fingerprint density at radius 2 is 1.31 bits per heavy atom. The molecule has 1 aliphatic heterocycles. The van der Waals surface area contributed by atoms with Gasteiger partial charge in [0, 0.05) is 6.42 Å². The number of rotatable bonds is 11. The van der Waals surface area contributed by atoms with Crippen LogP contribution in [0.3, 0.4) is 0 Å². The maximum absolute atomic E-state index is 11.6. The number of carbonyl (C=O) groups excluding carboxylic acids is 1. The topological polar surface area (TPSA) is 92.0 Å². The van der Waals surface area contributed by atoms with Crippen molar-refractivity contribution >= 4 is 6.03 Å². The van der Waals surface area contributed by atoms with Gasteiger partial charge in [0.15, 0.2) is 0 Å². The molecule has 0 unspecified atom stereocenters. The second-order valence-corrected chi connectivity index (χ2v) is 8.50. The molecule has 2 amide bonds. The first-order valence-corrected chi connectivity index (χ1v) is 11.8. The zero-order valence-electron chi connectivity index (χ0n) is 19.6. The van der Waals surface area contributed by atoms with Crippen LogP contribution in [0.15, 0.2) is 91.0 Å². The standard InChI is InChI=1S/C28H32N2O5/c29-28(31)30-26-16-24(33-18-22-12-6-2-7-13-22)27(34-19-23-14-8-3-9-15-23)25(35-26)20-32-17-21-10-4-1-5-11-21/h1-15,24-27H,16-20H2,(H3,29,30,31)/t24-,25-,26+,27+/m1/s1. The number of nitrogens with one attached hydrogen (secondary N) is 1. The van der Waals surface area contributed by atoms with Crippen molar-refractivity contribution in [2.45, 2.75) is 50.8 Å². The summed E-state index contributed by atoms with van der Waals surface area (Å²) in [4.78, 5) is 11.6. The Hall–Kier alpha value is -3.23. The molecule has 3 aromatic carbocycles. The number of ether oxygens (including phenoxy) is 4. The molecule has 3 N–H and O–H groups in total. The van der Waals surface area contributed by atoms with Crippen LogP contribution in [0.5, 0.6) is 0 Å². The highest BCUT2D eigenvalue weighted by Gasteiger charge is 2.41. The molecule has 7 nitrogen and oxygen atoms in total. The predicted molar refractivity (Wildman–Crippen MR) is 132 cm³/mol. The van der Waals surface area contributed by atoms with Gasteiger partial charge in [-0.1, -0.05) is 91.0 Å². The van der Waals surface area contributed by atoms with Crippen LogP contribution < -0.4 is 11.1 Å². The van der Waals surface area contributed by atoms with E-state index in [9.17, 15) is 4.79 Å². The first kappa shape index (κ1) is 24.9. The molecule has 0 bridgehead atoms. The van der Waals surface area contributed by atoms with E-state index in [1.807, 2.05) is 91.0 Å². The molecule has 4 rings (SSSR count). The van der Waals surface area contributed by atoms with E-state index >= 15 is 0 Å². The monoisotopic (exact) mass is 476 g/mol. The summed E-state index contributed by atoms with van der Waals surface area (Å²) in [5, 5.41) is 2.67. The molecule has 7 heteroatoms. The lowest BCUT2D eigenvalue weighted by atomic mass is 10.00. The molecule has 4 atom stereocenters. The molecule has 0 spiro atoms. The molecule has 3 aromatic rings. The van der Waals surface area contributed by atoms with E-state index in [2.05, 4.69) is 5.32 Å². The zero-order chi connectivity index (χ0) is 24.3. The molecule has 0 aromatic heterocycles. The maximum Gasteiger partial charge on any atom is 0.314 e. The van der Waals surface area contributed by atoms with Gasteiger partial charge in [-0.3, -0.25) is 0 Å². The zero-order valence-corrected chi connectivity index (χ0v) is 19.6. The minimum Gasteiger partial charge on any atom is -0.374 e. The Labute approximate surface area is 206 Å². The summed E-state index contributed by atoms with van der Waals surface area (Å²) in [6.07, 6.45) is -1.40. The summed E-state index contributed by atoms with van der Waals surface area (Å²) in [6, 6.07) is 29.2. The Morgan fingerprint density at radius 3 is 1.86 bits per heavy atom. The lowest BCUT2D eigenvalue weighted by Crippen LogP contribution is -2.57. The second-order valence-electron chi connectivity index (χ2n) is 8.50. The van der Waals surface area contributed by atoms with Crippen LogP contribution in [0.1, 0.15) is 23.1 Å². The van der Waals surface area contributed by atoms with Crippen molar-refractivity contribution in [3.05, 3.63) is 108 Å². The summed E-state index contributed by atoms with van der Waals surface area (Å²) in [6.45, 7) is 1.53. The lowest BCUT2D eigenvalue weighted by molar-refractivity contribution is -0.223. The molecule has 1 aliphatic rings. The third kappa shape index (κ3) is 7.90. The highest BCUT2D eigenvalue weighted by atomic mass is 16.6. The Morgan fingerprint density at radius 1 is 0.800 bits per heavy atom. The fraction of sp³-hybridized carbons (Fsp3) is 0.321. The average Bonchev–Trinajstić information content (AvgIpc) is 2.88. The number of urea groups is 1. The van der Waals surface area contributed by atoms with E-state index in [1.165, 1.54) is 0 Å². The maximum atomic E-state index is 11.6. The second kappa shape index (κ2) is 13.0. The summed E-state index contributed by atoms with van der Waals surface area (Å²) < 4.78 is 24.9. The first-order valence-electron chi connectivity index (χ1n) is 11.8. The summed E-state index contributed by atoms with van der Waals surface area (Å²) >= 11 is 0. The van der Waals surface area contributed by atoms with Crippen LogP contribution in [0.2, 0.25) is 0 Å². The van der Waals surface area contributed by atoms with Gasteiger partial charge < -0.3 is 30.0 Å². The van der Waals surface area contributed by atoms with Crippen molar-refractivity contribution in [1.29, 1.82) is 0 Å². The van der Waals surface area contributed by atoms with Crippen LogP contribution in [-0.4, -0.2) is 37.2 Å². The number of amides is 2. The average molecular weight is 477 g/mol. The summed E-state index contributed by atoms with van der Waals surface area (Å²) in [7, 11) is 0. The molecule has 1 fully saturated rings. The Bertz CT molecular complexity index is 1020. The van der Waals surface area contributed by atoms with Gasteiger partial charge >= 0.3 is 6.03 Å². The molecule has 0 aliphatic carbocycles. The molecular weight excluding hydrogens is 444 g/mol. The molecular formula is C28H32N2O5. The minimum atomic E-state index is -0.649. The largest absolute Gasteiger partial charge is 0.374 e. The number of hydrogen-bond acceptors (Lipinski definition) is 5. The van der Waals surface area contributed by atoms with Crippen molar-refractivity contribution in [2.24, 2.45) is 5.73 Å². The number of nitrogens with two attached hydrogens (primary N) is 1. The normalized spacial score (nSPS) is 21.9.